The predicted molar refractivity (Wildman–Crippen MR) is 94.8 cm³/mol. The molecule has 0 spiro atoms. The van der Waals surface area contributed by atoms with Crippen molar-refractivity contribution in [3.8, 4) is 0 Å². The van der Waals surface area contributed by atoms with Crippen LogP contribution in [0.25, 0.3) is 0 Å². The van der Waals surface area contributed by atoms with Crippen LogP contribution in [0.1, 0.15) is 5.56 Å². The van der Waals surface area contributed by atoms with Gasteiger partial charge >= 0.3 is 0 Å². The van der Waals surface area contributed by atoms with Gasteiger partial charge in [-0.1, -0.05) is 30.3 Å². The number of halogens is 1. The topological polar surface area (TPSA) is 62.6 Å². The summed E-state index contributed by atoms with van der Waals surface area (Å²) < 4.78 is 12.8. The zero-order valence-corrected chi connectivity index (χ0v) is 14.2. The van der Waals surface area contributed by atoms with Crippen molar-refractivity contribution in [2.45, 2.75) is 6.42 Å². The Morgan fingerprint density at radius 2 is 1.60 bits per heavy atom. The number of hydrogen-bond donors (Lipinski definition) is 3. The average Bonchev–Trinajstić information content (AvgIpc) is 2.57. The smallest absolute Gasteiger partial charge is 0.279 e. The molecule has 0 saturated heterocycles. The van der Waals surface area contributed by atoms with Crippen LogP contribution in [-0.4, -0.2) is 38.5 Å². The molecule has 132 valence electrons. The van der Waals surface area contributed by atoms with Gasteiger partial charge in [-0.15, -0.1) is 0 Å². The van der Waals surface area contributed by atoms with Crippen molar-refractivity contribution in [2.75, 3.05) is 32.0 Å². The minimum atomic E-state index is -0.354. The second-order valence-electron chi connectivity index (χ2n) is 5.95. The monoisotopic (exact) mass is 344 g/mol. The highest BCUT2D eigenvalue weighted by Crippen LogP contribution is 2.07. The molecule has 0 aromatic heterocycles. The normalized spacial score (nSPS) is 11.6. The van der Waals surface area contributed by atoms with Crippen molar-refractivity contribution in [1.29, 1.82) is 0 Å². The van der Waals surface area contributed by atoms with Crippen LogP contribution < -0.4 is 15.5 Å². The van der Waals surface area contributed by atoms with Gasteiger partial charge in [0, 0.05) is 12.2 Å². The molecule has 0 bridgehead atoms. The maximum absolute atomic E-state index is 12.8. The number of amides is 2. The lowest BCUT2D eigenvalue weighted by molar-refractivity contribution is -0.862. The van der Waals surface area contributed by atoms with Crippen LogP contribution in [0.4, 0.5) is 10.1 Å². The van der Waals surface area contributed by atoms with Crippen molar-refractivity contribution >= 4 is 17.5 Å². The summed E-state index contributed by atoms with van der Waals surface area (Å²) in [5, 5.41) is 5.54. The Morgan fingerprint density at radius 1 is 0.960 bits per heavy atom. The molecule has 6 heteroatoms. The van der Waals surface area contributed by atoms with Gasteiger partial charge in [-0.2, -0.15) is 0 Å². The molecule has 2 rings (SSSR count). The van der Waals surface area contributed by atoms with E-state index in [0.717, 1.165) is 11.3 Å². The van der Waals surface area contributed by atoms with Gasteiger partial charge < -0.3 is 15.5 Å². The Labute approximate surface area is 146 Å². The van der Waals surface area contributed by atoms with E-state index >= 15 is 0 Å². The molecule has 0 aliphatic heterocycles. The third kappa shape index (κ3) is 7.14. The van der Waals surface area contributed by atoms with Gasteiger partial charge in [0.05, 0.1) is 7.05 Å². The molecule has 3 N–H and O–H groups in total. The number of nitrogens with one attached hydrogen (secondary N) is 3. The van der Waals surface area contributed by atoms with E-state index in [2.05, 4.69) is 10.6 Å². The van der Waals surface area contributed by atoms with Crippen LogP contribution in [0, 0.1) is 5.82 Å². The zero-order chi connectivity index (χ0) is 18.1. The first-order chi connectivity index (χ1) is 12.0. The van der Waals surface area contributed by atoms with E-state index in [1.165, 1.54) is 29.8 Å². The number of likely N-dealkylation sites (N-methyl/N-ethyl adjacent to an activating group) is 1. The number of carbonyl (C=O) groups is 2. The van der Waals surface area contributed by atoms with E-state index in [9.17, 15) is 14.0 Å². The van der Waals surface area contributed by atoms with Gasteiger partial charge in [-0.25, -0.2) is 4.39 Å². The standard InChI is InChI=1S/C19H22FN3O2/c1-23(14-19(25)22-17-9-7-16(20)8-10-17)13-18(24)21-12-11-15-5-3-2-4-6-15/h2-10H,11-14H2,1H3,(H,21,24)(H,22,25)/p+1. The first kappa shape index (κ1) is 18.6. The van der Waals surface area contributed by atoms with E-state index in [1.807, 2.05) is 30.3 Å². The molecule has 2 aromatic rings. The molecule has 0 aliphatic rings. The Hall–Kier alpha value is -2.73. The number of quaternary nitrogens is 1. The van der Waals surface area contributed by atoms with E-state index in [1.54, 1.807) is 7.05 Å². The largest absolute Gasteiger partial charge is 0.351 e. The SMILES string of the molecule is C[NH+](CC(=O)NCCc1ccccc1)CC(=O)Nc1ccc(F)cc1. The molecule has 1 unspecified atom stereocenters. The summed E-state index contributed by atoms with van der Waals surface area (Å²) in [6.07, 6.45) is 0.774. The van der Waals surface area contributed by atoms with Crippen LogP contribution in [0.2, 0.25) is 0 Å². The van der Waals surface area contributed by atoms with Crippen LogP contribution in [0.3, 0.4) is 0 Å². The van der Waals surface area contributed by atoms with Crippen LogP contribution in [-0.2, 0) is 16.0 Å². The number of hydrogen-bond acceptors (Lipinski definition) is 2. The van der Waals surface area contributed by atoms with Crippen LogP contribution in [0.5, 0.6) is 0 Å². The zero-order valence-electron chi connectivity index (χ0n) is 14.2. The van der Waals surface area contributed by atoms with Crippen LogP contribution in [0.15, 0.2) is 54.6 Å². The van der Waals surface area contributed by atoms with Crippen molar-refractivity contribution in [3.05, 3.63) is 66.0 Å². The summed E-state index contributed by atoms with van der Waals surface area (Å²) >= 11 is 0. The summed E-state index contributed by atoms with van der Waals surface area (Å²) in [6, 6.07) is 15.5. The molecule has 2 aromatic carbocycles. The summed E-state index contributed by atoms with van der Waals surface area (Å²) in [5.74, 6) is -0.669. The number of rotatable bonds is 8. The fourth-order valence-electron chi connectivity index (χ4n) is 2.40. The highest BCUT2D eigenvalue weighted by atomic mass is 19.1. The highest BCUT2D eigenvalue weighted by molar-refractivity contribution is 5.91. The lowest BCUT2D eigenvalue weighted by Gasteiger charge is -2.13. The van der Waals surface area contributed by atoms with Gasteiger partial charge in [0.15, 0.2) is 13.1 Å². The first-order valence-electron chi connectivity index (χ1n) is 8.20. The van der Waals surface area contributed by atoms with E-state index in [0.29, 0.717) is 12.2 Å². The number of benzene rings is 2. The maximum Gasteiger partial charge on any atom is 0.279 e. The average molecular weight is 344 g/mol. The fourth-order valence-corrected chi connectivity index (χ4v) is 2.40. The minimum Gasteiger partial charge on any atom is -0.351 e. The lowest BCUT2D eigenvalue weighted by Crippen LogP contribution is -3.11. The number of carbonyl (C=O) groups excluding carboxylic acids is 2. The van der Waals surface area contributed by atoms with E-state index in [4.69, 9.17) is 0 Å². The Balaban J connectivity index is 1.66. The third-order valence-corrected chi connectivity index (χ3v) is 3.63. The molecular formula is C19H23FN3O2+. The third-order valence-electron chi connectivity index (χ3n) is 3.63. The predicted octanol–water partition coefficient (Wildman–Crippen LogP) is 0.638. The van der Waals surface area contributed by atoms with Crippen molar-refractivity contribution in [1.82, 2.24) is 5.32 Å². The maximum atomic E-state index is 12.8. The van der Waals surface area contributed by atoms with Gasteiger partial charge in [-0.3, -0.25) is 9.59 Å². The van der Waals surface area contributed by atoms with Gasteiger partial charge in [-0.05, 0) is 36.2 Å². The minimum absolute atomic E-state index is 0.0944. The Morgan fingerprint density at radius 3 is 2.28 bits per heavy atom. The quantitative estimate of drug-likeness (QED) is 0.658. The van der Waals surface area contributed by atoms with E-state index < -0.39 is 0 Å². The molecule has 0 radical (unpaired) electrons. The molecular weight excluding hydrogens is 321 g/mol. The van der Waals surface area contributed by atoms with Gasteiger partial charge in [0.2, 0.25) is 0 Å². The van der Waals surface area contributed by atoms with Crippen molar-refractivity contribution in [2.24, 2.45) is 0 Å². The Bertz CT molecular complexity index is 690. The van der Waals surface area contributed by atoms with E-state index in [-0.39, 0.29) is 30.7 Å². The molecule has 2 amide bonds. The molecule has 0 heterocycles. The van der Waals surface area contributed by atoms with Crippen molar-refractivity contribution < 1.29 is 18.9 Å². The summed E-state index contributed by atoms with van der Waals surface area (Å²) in [5.41, 5.74) is 1.70. The molecule has 5 nitrogen and oxygen atoms in total. The molecule has 1 atom stereocenters. The molecule has 0 saturated carbocycles. The number of anilines is 1. The van der Waals surface area contributed by atoms with Gasteiger partial charge in [0.1, 0.15) is 5.82 Å². The van der Waals surface area contributed by atoms with Crippen LogP contribution >= 0.6 is 0 Å². The summed E-state index contributed by atoms with van der Waals surface area (Å²) in [7, 11) is 1.78. The fraction of sp³-hybridized carbons (Fsp3) is 0.263. The Kier molecular flexibility index (Phi) is 7.10. The van der Waals surface area contributed by atoms with Crippen molar-refractivity contribution in [3.63, 3.8) is 0 Å². The molecule has 0 aliphatic carbocycles. The first-order valence-corrected chi connectivity index (χ1v) is 8.20. The second-order valence-corrected chi connectivity index (χ2v) is 5.95. The second kappa shape index (κ2) is 9.54. The summed E-state index contributed by atoms with van der Waals surface area (Å²) in [4.78, 5) is 24.6. The van der Waals surface area contributed by atoms with Gasteiger partial charge in [0.25, 0.3) is 11.8 Å². The summed E-state index contributed by atoms with van der Waals surface area (Å²) in [6.45, 7) is 0.938. The lowest BCUT2D eigenvalue weighted by atomic mass is 10.1. The molecule has 0 fully saturated rings. The highest BCUT2D eigenvalue weighted by Gasteiger charge is 2.14. The molecule has 25 heavy (non-hydrogen) atoms.